The Labute approximate surface area is 191 Å². The van der Waals surface area contributed by atoms with Gasteiger partial charge in [0, 0.05) is 6.04 Å². The molecule has 9 nitrogen and oxygen atoms in total. The molecule has 0 aromatic carbocycles. The monoisotopic (exact) mass is 453 g/mol. The number of nitrogens with one attached hydrogen (secondary N) is 2. The highest BCUT2D eigenvalue weighted by molar-refractivity contribution is 5.95. The molecule has 1 atom stereocenters. The van der Waals surface area contributed by atoms with Gasteiger partial charge >= 0.3 is 0 Å². The molecule has 3 aromatic heterocycles. The van der Waals surface area contributed by atoms with Gasteiger partial charge in [-0.3, -0.25) is 14.4 Å². The largest absolute Gasteiger partial charge is 0.467 e. The fourth-order valence-corrected chi connectivity index (χ4v) is 4.04. The molecule has 0 aliphatic heterocycles. The van der Waals surface area contributed by atoms with Crippen LogP contribution in [0.2, 0.25) is 0 Å². The van der Waals surface area contributed by atoms with E-state index in [4.69, 9.17) is 13.3 Å². The van der Waals surface area contributed by atoms with E-state index in [0.29, 0.717) is 11.5 Å². The molecule has 33 heavy (non-hydrogen) atoms. The first-order valence-corrected chi connectivity index (χ1v) is 11.1. The van der Waals surface area contributed by atoms with Crippen molar-refractivity contribution in [3.05, 3.63) is 72.5 Å². The first-order chi connectivity index (χ1) is 16.1. The lowest BCUT2D eigenvalue weighted by molar-refractivity contribution is -0.142. The van der Waals surface area contributed by atoms with E-state index in [2.05, 4.69) is 10.6 Å². The summed E-state index contributed by atoms with van der Waals surface area (Å²) in [5.41, 5.74) is 0. The highest BCUT2D eigenvalue weighted by Gasteiger charge is 2.35. The summed E-state index contributed by atoms with van der Waals surface area (Å²) in [6.45, 7) is -0.292. The predicted molar refractivity (Wildman–Crippen MR) is 117 cm³/mol. The van der Waals surface area contributed by atoms with Gasteiger partial charge < -0.3 is 28.8 Å². The average Bonchev–Trinajstić information content (AvgIpc) is 3.61. The second-order valence-electron chi connectivity index (χ2n) is 8.02. The molecular weight excluding hydrogens is 426 g/mol. The lowest BCUT2D eigenvalue weighted by Crippen LogP contribution is -2.49. The maximum Gasteiger partial charge on any atom is 0.287 e. The molecule has 9 heteroatoms. The van der Waals surface area contributed by atoms with E-state index in [-0.39, 0.29) is 30.8 Å². The summed E-state index contributed by atoms with van der Waals surface area (Å²) >= 11 is 0. The van der Waals surface area contributed by atoms with Crippen LogP contribution >= 0.6 is 0 Å². The van der Waals surface area contributed by atoms with E-state index in [9.17, 15) is 14.4 Å². The molecule has 0 radical (unpaired) electrons. The van der Waals surface area contributed by atoms with Crippen molar-refractivity contribution in [3.8, 4) is 0 Å². The van der Waals surface area contributed by atoms with Crippen molar-refractivity contribution in [2.24, 2.45) is 0 Å². The summed E-state index contributed by atoms with van der Waals surface area (Å²) in [5, 5.41) is 5.63. The van der Waals surface area contributed by atoms with Gasteiger partial charge in [-0.15, -0.1) is 0 Å². The number of hydrogen-bond acceptors (Lipinski definition) is 6. The number of rotatable bonds is 9. The Bertz CT molecular complexity index is 1020. The quantitative estimate of drug-likeness (QED) is 0.513. The minimum absolute atomic E-state index is 0.0336. The second kappa shape index (κ2) is 10.7. The van der Waals surface area contributed by atoms with Crippen LogP contribution in [0.1, 0.15) is 60.2 Å². The van der Waals surface area contributed by atoms with Crippen molar-refractivity contribution < 1.29 is 27.6 Å². The molecule has 3 aromatic rings. The minimum Gasteiger partial charge on any atom is -0.467 e. The summed E-state index contributed by atoms with van der Waals surface area (Å²) in [5.74, 6) is -0.380. The summed E-state index contributed by atoms with van der Waals surface area (Å²) in [7, 11) is 0. The molecule has 1 unspecified atom stereocenters. The van der Waals surface area contributed by atoms with Gasteiger partial charge in [0.25, 0.3) is 11.8 Å². The van der Waals surface area contributed by atoms with Crippen molar-refractivity contribution in [1.29, 1.82) is 0 Å². The van der Waals surface area contributed by atoms with E-state index in [1.807, 2.05) is 0 Å². The molecular formula is C24H27N3O6. The van der Waals surface area contributed by atoms with Crippen molar-refractivity contribution in [1.82, 2.24) is 15.5 Å². The van der Waals surface area contributed by atoms with E-state index >= 15 is 0 Å². The van der Waals surface area contributed by atoms with Crippen LogP contribution in [0.25, 0.3) is 0 Å². The number of hydrogen-bond donors (Lipinski definition) is 2. The number of amides is 3. The van der Waals surface area contributed by atoms with Crippen LogP contribution in [0.3, 0.4) is 0 Å². The van der Waals surface area contributed by atoms with E-state index in [1.54, 1.807) is 30.3 Å². The number of nitrogens with zero attached hydrogens (tertiary/aromatic N) is 1. The van der Waals surface area contributed by atoms with Gasteiger partial charge in [0.05, 0.1) is 31.9 Å². The van der Waals surface area contributed by atoms with Crippen LogP contribution in [0, 0.1) is 0 Å². The zero-order chi connectivity index (χ0) is 23.0. The molecule has 0 spiro atoms. The van der Waals surface area contributed by atoms with Crippen molar-refractivity contribution in [2.75, 3.05) is 6.54 Å². The normalized spacial score (nSPS) is 15.0. The van der Waals surface area contributed by atoms with Crippen molar-refractivity contribution in [2.45, 2.75) is 50.7 Å². The van der Waals surface area contributed by atoms with Crippen LogP contribution < -0.4 is 10.6 Å². The Kier molecular flexibility index (Phi) is 7.29. The minimum atomic E-state index is -1.01. The van der Waals surface area contributed by atoms with E-state index in [1.165, 1.54) is 29.8 Å². The molecule has 174 valence electrons. The Balaban J connectivity index is 1.55. The third-order valence-corrected chi connectivity index (χ3v) is 5.70. The van der Waals surface area contributed by atoms with Crippen LogP contribution in [0.4, 0.5) is 0 Å². The number of carbonyl (C=O) groups is 3. The topological polar surface area (TPSA) is 118 Å². The third-order valence-electron chi connectivity index (χ3n) is 5.70. The van der Waals surface area contributed by atoms with Crippen LogP contribution in [0.15, 0.2) is 68.4 Å². The number of carbonyl (C=O) groups excluding carboxylic acids is 3. The predicted octanol–water partition coefficient (Wildman–Crippen LogP) is 3.41. The third kappa shape index (κ3) is 5.74. The number of furan rings is 3. The molecule has 3 heterocycles. The summed E-state index contributed by atoms with van der Waals surface area (Å²) < 4.78 is 16.1. The summed E-state index contributed by atoms with van der Waals surface area (Å²) in [4.78, 5) is 40.3. The zero-order valence-corrected chi connectivity index (χ0v) is 18.2. The van der Waals surface area contributed by atoms with Gasteiger partial charge in [-0.25, -0.2) is 0 Å². The van der Waals surface area contributed by atoms with Gasteiger partial charge in [-0.1, -0.05) is 19.3 Å². The summed E-state index contributed by atoms with van der Waals surface area (Å²) in [6, 6.07) is 8.90. The SMILES string of the molecule is O=C(NCC(=O)N(Cc1ccco1)C(C(=O)NC1CCCCC1)c1ccco1)c1ccco1. The fourth-order valence-electron chi connectivity index (χ4n) is 4.04. The van der Waals surface area contributed by atoms with Crippen LogP contribution in [0.5, 0.6) is 0 Å². The first kappa shape index (κ1) is 22.4. The Hall–Kier alpha value is -3.75. The molecule has 1 aliphatic rings. The van der Waals surface area contributed by atoms with Crippen LogP contribution in [-0.2, 0) is 16.1 Å². The van der Waals surface area contributed by atoms with E-state index in [0.717, 1.165) is 32.1 Å². The Morgan fingerprint density at radius 3 is 2.33 bits per heavy atom. The maximum atomic E-state index is 13.4. The molecule has 0 saturated heterocycles. The second-order valence-corrected chi connectivity index (χ2v) is 8.02. The smallest absolute Gasteiger partial charge is 0.287 e. The van der Waals surface area contributed by atoms with Crippen LogP contribution in [-0.4, -0.2) is 35.2 Å². The van der Waals surface area contributed by atoms with Gasteiger partial charge in [0.1, 0.15) is 11.5 Å². The first-order valence-electron chi connectivity index (χ1n) is 11.1. The lowest BCUT2D eigenvalue weighted by Gasteiger charge is -2.31. The Morgan fingerprint density at radius 1 is 0.939 bits per heavy atom. The van der Waals surface area contributed by atoms with Gasteiger partial charge in [-0.2, -0.15) is 0 Å². The molecule has 2 N–H and O–H groups in total. The molecule has 1 fully saturated rings. The van der Waals surface area contributed by atoms with Gasteiger partial charge in [0.2, 0.25) is 5.91 Å². The molecule has 0 bridgehead atoms. The molecule has 1 saturated carbocycles. The maximum absolute atomic E-state index is 13.4. The molecule has 3 amide bonds. The van der Waals surface area contributed by atoms with E-state index < -0.39 is 17.9 Å². The zero-order valence-electron chi connectivity index (χ0n) is 18.2. The summed E-state index contributed by atoms with van der Waals surface area (Å²) in [6.07, 6.45) is 9.43. The molecule has 1 aliphatic carbocycles. The lowest BCUT2D eigenvalue weighted by atomic mass is 9.95. The van der Waals surface area contributed by atoms with Crippen molar-refractivity contribution >= 4 is 17.7 Å². The average molecular weight is 453 g/mol. The van der Waals surface area contributed by atoms with Gasteiger partial charge in [0.15, 0.2) is 11.8 Å². The molecule has 4 rings (SSSR count). The highest BCUT2D eigenvalue weighted by atomic mass is 16.3. The van der Waals surface area contributed by atoms with Gasteiger partial charge in [-0.05, 0) is 49.2 Å². The Morgan fingerprint density at radius 2 is 1.67 bits per heavy atom. The standard InChI is InChI=1S/C24H27N3O6/c28-21(15-25-23(29)20-11-6-14-33-20)27(16-18-9-4-12-31-18)22(19-10-5-13-32-19)24(30)26-17-7-2-1-3-8-17/h4-6,9-14,17,22H,1-3,7-8,15-16H2,(H,25,29)(H,26,30). The van der Waals surface area contributed by atoms with Crippen molar-refractivity contribution in [3.63, 3.8) is 0 Å². The fraction of sp³-hybridized carbons (Fsp3) is 0.375. The highest BCUT2D eigenvalue weighted by Crippen LogP contribution is 2.26.